The van der Waals surface area contributed by atoms with Crippen LogP contribution in [0, 0.1) is 11.3 Å². The second-order valence-corrected chi connectivity index (χ2v) is 22.8. The predicted octanol–water partition coefficient (Wildman–Crippen LogP) is 6.05. The number of fused-ring (bicyclic) bond motifs is 3. The molecule has 0 aliphatic heterocycles. The van der Waals surface area contributed by atoms with Gasteiger partial charge in [-0.15, -0.1) is 0 Å². The maximum absolute atomic E-state index is 3.01. The van der Waals surface area contributed by atoms with Gasteiger partial charge in [-0.3, -0.25) is 0 Å². The average molecular weight is 783 g/mol. The normalized spacial score (nSPS) is 15.3. The molecule has 1 atom stereocenters. The van der Waals surface area contributed by atoms with Crippen LogP contribution >= 0.6 is 0 Å². The van der Waals surface area contributed by atoms with Crippen molar-refractivity contribution in [2.45, 2.75) is 106 Å². The smallest absolute Gasteiger partial charge is 1.00 e. The fourth-order valence-electron chi connectivity index (χ4n) is 8.21. The molecule has 0 fully saturated rings. The summed E-state index contributed by atoms with van der Waals surface area (Å²) in [5.74, 6) is 0.478. The van der Waals surface area contributed by atoms with Crippen LogP contribution in [0.3, 0.4) is 0 Å². The molecule has 0 nitrogen and oxygen atoms in total. The van der Waals surface area contributed by atoms with E-state index < -0.39 is 21.3 Å². The van der Waals surface area contributed by atoms with Gasteiger partial charge < -0.3 is 24.8 Å². The molecular formula is C47H56Cl2Zr. The molecule has 0 bridgehead atoms. The molecule has 0 saturated heterocycles. The van der Waals surface area contributed by atoms with E-state index in [1.54, 1.807) is 28.8 Å². The molecule has 0 aromatic heterocycles. The zero-order valence-electron chi connectivity index (χ0n) is 32.2. The Morgan fingerprint density at radius 3 is 1.70 bits per heavy atom. The van der Waals surface area contributed by atoms with Gasteiger partial charge in [0.15, 0.2) is 0 Å². The van der Waals surface area contributed by atoms with Crippen LogP contribution in [-0.2, 0) is 38.5 Å². The molecule has 0 heterocycles. The Balaban J connectivity index is 0.00000281. The second kappa shape index (κ2) is 15.4. The first-order valence-electron chi connectivity index (χ1n) is 18.3. The minimum Gasteiger partial charge on any atom is -1.00 e. The van der Waals surface area contributed by atoms with Crippen molar-refractivity contribution in [1.82, 2.24) is 0 Å². The van der Waals surface area contributed by atoms with Crippen molar-refractivity contribution in [3.63, 3.8) is 0 Å². The van der Waals surface area contributed by atoms with Crippen molar-refractivity contribution in [2.75, 3.05) is 0 Å². The van der Waals surface area contributed by atoms with Crippen molar-refractivity contribution < 1.29 is 46.1 Å². The maximum Gasteiger partial charge on any atom is -1.00 e. The molecule has 2 aliphatic carbocycles. The summed E-state index contributed by atoms with van der Waals surface area (Å²) in [4.78, 5) is 0. The fourth-order valence-corrected chi connectivity index (χ4v) is 18.6. The molecule has 0 amide bonds. The number of hydrogen-bond donors (Lipinski definition) is 0. The monoisotopic (exact) mass is 780 g/mol. The SMILES string of the molecule is CCC1=[C]([Zr+2](=[C](c2ccccc2)c2ccccc2)[c]2c(C(C)(C)C)ccc3c2Cc2cc(C(C)(C)C)ccc2-3)C(CC)C=C1C(C)(C)C.[Cl-].[Cl-]. The number of halogens is 2. The van der Waals surface area contributed by atoms with Gasteiger partial charge in [0.2, 0.25) is 0 Å². The van der Waals surface area contributed by atoms with Crippen molar-refractivity contribution >= 4 is 6.48 Å². The standard InChI is InChI=1S/C21H25.C13H10.C13H21.2ClH.Zr/c1-20(2,3)16-7-9-18-14(12-16)11-15-13-17(21(4,5)6)8-10-19(15)18;1-3-7-12(8-4-1)11-13-9-5-2-6-10-13;1-6-10-8-11(7-2)12(9-10)13(3,4)5;;;/h7-10,12H,11H2,1-6H3;1-10H;9-10H,6-7H2,1-5H3;2*1H;/q;;;;;+2/p-2. The van der Waals surface area contributed by atoms with Gasteiger partial charge in [-0.2, -0.15) is 0 Å². The van der Waals surface area contributed by atoms with Crippen LogP contribution in [0.2, 0.25) is 0 Å². The summed E-state index contributed by atoms with van der Waals surface area (Å²) in [5, 5.41) is 0. The van der Waals surface area contributed by atoms with E-state index in [-0.39, 0.29) is 41.1 Å². The first-order valence-corrected chi connectivity index (χ1v) is 22.0. The molecule has 0 saturated carbocycles. The number of rotatable bonds is 6. The second-order valence-electron chi connectivity index (χ2n) is 17.1. The number of benzene rings is 4. The van der Waals surface area contributed by atoms with Gasteiger partial charge >= 0.3 is 301 Å². The van der Waals surface area contributed by atoms with Crippen LogP contribution in [0.4, 0.5) is 0 Å². The van der Waals surface area contributed by atoms with E-state index in [2.05, 4.69) is 173 Å². The van der Waals surface area contributed by atoms with Gasteiger partial charge in [0.25, 0.3) is 0 Å². The molecular weight excluding hydrogens is 727 g/mol. The van der Waals surface area contributed by atoms with Gasteiger partial charge in [-0.25, -0.2) is 0 Å². The third-order valence-corrected chi connectivity index (χ3v) is 18.9. The van der Waals surface area contributed by atoms with Crippen LogP contribution in [0.25, 0.3) is 11.1 Å². The van der Waals surface area contributed by atoms with Crippen molar-refractivity contribution in [1.29, 1.82) is 0 Å². The largest absolute Gasteiger partial charge is 1.00 e. The minimum atomic E-state index is -3.01. The Bertz CT molecular complexity index is 1900. The van der Waals surface area contributed by atoms with Gasteiger partial charge in [-0.05, 0) is 0 Å². The van der Waals surface area contributed by atoms with E-state index in [0.717, 1.165) is 19.3 Å². The number of allylic oxidation sites excluding steroid dienone is 4. The molecule has 262 valence electrons. The van der Waals surface area contributed by atoms with E-state index in [4.69, 9.17) is 0 Å². The molecule has 0 N–H and O–H groups in total. The van der Waals surface area contributed by atoms with Crippen LogP contribution < -0.4 is 28.1 Å². The summed E-state index contributed by atoms with van der Waals surface area (Å²) < 4.78 is 5.19. The Kier molecular flexibility index (Phi) is 12.4. The van der Waals surface area contributed by atoms with Crippen molar-refractivity contribution in [2.24, 2.45) is 11.3 Å². The molecule has 3 heteroatoms. The van der Waals surface area contributed by atoms with E-state index in [9.17, 15) is 0 Å². The molecule has 1 unspecified atom stereocenters. The first kappa shape index (κ1) is 40.5. The van der Waals surface area contributed by atoms with Gasteiger partial charge in [-0.1, -0.05) is 0 Å². The molecule has 4 aromatic rings. The summed E-state index contributed by atoms with van der Waals surface area (Å²) in [5.41, 5.74) is 15.4. The Hall–Kier alpha value is -2.31. The van der Waals surface area contributed by atoms with Crippen molar-refractivity contribution in [3.8, 4) is 11.1 Å². The van der Waals surface area contributed by atoms with Gasteiger partial charge in [0.05, 0.1) is 0 Å². The van der Waals surface area contributed by atoms with Gasteiger partial charge in [0, 0.05) is 0 Å². The Morgan fingerprint density at radius 1 is 0.660 bits per heavy atom. The molecule has 0 radical (unpaired) electrons. The quantitative estimate of drug-likeness (QED) is 0.197. The molecule has 2 aliphatic rings. The Morgan fingerprint density at radius 2 is 1.22 bits per heavy atom. The minimum absolute atomic E-state index is 0. The molecule has 4 aromatic carbocycles. The van der Waals surface area contributed by atoms with Crippen LogP contribution in [0.15, 0.2) is 111 Å². The number of hydrogen-bond acceptors (Lipinski definition) is 0. The third kappa shape index (κ3) is 7.59. The predicted molar refractivity (Wildman–Crippen MR) is 206 cm³/mol. The zero-order valence-corrected chi connectivity index (χ0v) is 36.2. The summed E-state index contributed by atoms with van der Waals surface area (Å²) in [7, 11) is 0. The van der Waals surface area contributed by atoms with Crippen molar-refractivity contribution in [3.05, 3.63) is 145 Å². The van der Waals surface area contributed by atoms with Crippen LogP contribution in [0.5, 0.6) is 0 Å². The zero-order chi connectivity index (χ0) is 34.6. The summed E-state index contributed by atoms with van der Waals surface area (Å²) in [6.45, 7) is 26.5. The van der Waals surface area contributed by atoms with Crippen LogP contribution in [-0.4, -0.2) is 3.21 Å². The van der Waals surface area contributed by atoms with E-state index >= 15 is 0 Å². The van der Waals surface area contributed by atoms with E-state index in [1.807, 2.05) is 3.28 Å². The molecule has 0 spiro atoms. The summed E-state index contributed by atoms with van der Waals surface area (Å²) in [6, 6.07) is 35.3. The summed E-state index contributed by atoms with van der Waals surface area (Å²) >= 11 is -3.01. The van der Waals surface area contributed by atoms with E-state index in [0.29, 0.717) is 5.92 Å². The van der Waals surface area contributed by atoms with E-state index in [1.165, 1.54) is 33.4 Å². The van der Waals surface area contributed by atoms with Gasteiger partial charge in [0.1, 0.15) is 0 Å². The fraction of sp³-hybridized carbons (Fsp3) is 0.383. The maximum atomic E-state index is 2.70. The first-order chi connectivity index (χ1) is 22.6. The third-order valence-electron chi connectivity index (χ3n) is 10.6. The average Bonchev–Trinajstić information content (AvgIpc) is 3.61. The molecule has 6 rings (SSSR count). The summed E-state index contributed by atoms with van der Waals surface area (Å²) in [6.07, 6.45) is 5.96. The topological polar surface area (TPSA) is 0 Å². The Labute approximate surface area is 323 Å². The molecule has 50 heavy (non-hydrogen) atoms. The van der Waals surface area contributed by atoms with Crippen LogP contribution in [0.1, 0.15) is 122 Å².